The van der Waals surface area contributed by atoms with Gasteiger partial charge in [0.1, 0.15) is 12.6 Å². The Morgan fingerprint density at radius 2 is 1.85 bits per heavy atom. The molecular formula is C9H21N2O2+. The van der Waals surface area contributed by atoms with Gasteiger partial charge in [0.15, 0.2) is 0 Å². The fourth-order valence-corrected chi connectivity index (χ4v) is 1.09. The number of rotatable bonds is 3. The largest absolute Gasteiger partial charge is 0.440 e. The lowest BCUT2D eigenvalue weighted by Gasteiger charge is -2.27. The van der Waals surface area contributed by atoms with Gasteiger partial charge in [0, 0.05) is 14.1 Å². The third kappa shape index (κ3) is 6.40. The fraction of sp³-hybridized carbons (Fsp3) is 0.889. The number of hydrogen-bond donors (Lipinski definition) is 0. The summed E-state index contributed by atoms with van der Waals surface area (Å²) in [5.41, 5.74) is 0. The summed E-state index contributed by atoms with van der Waals surface area (Å²) in [5.74, 6) is 0. The summed E-state index contributed by atoms with van der Waals surface area (Å²) < 4.78 is 5.95. The lowest BCUT2D eigenvalue weighted by Crippen LogP contribution is -2.42. The van der Waals surface area contributed by atoms with Gasteiger partial charge in [-0.1, -0.05) is 0 Å². The molecule has 0 aliphatic heterocycles. The van der Waals surface area contributed by atoms with E-state index in [-0.39, 0.29) is 12.2 Å². The summed E-state index contributed by atoms with van der Waals surface area (Å²) in [6, 6.07) is 0. The van der Waals surface area contributed by atoms with Crippen molar-refractivity contribution in [2.24, 2.45) is 0 Å². The second-order valence-corrected chi connectivity index (χ2v) is 4.56. The van der Waals surface area contributed by atoms with E-state index in [2.05, 4.69) is 21.1 Å². The fourth-order valence-electron chi connectivity index (χ4n) is 1.09. The van der Waals surface area contributed by atoms with Crippen molar-refractivity contribution in [1.29, 1.82) is 0 Å². The van der Waals surface area contributed by atoms with Crippen LogP contribution in [0, 0.1) is 0 Å². The average Bonchev–Trinajstić information content (AvgIpc) is 1.81. The van der Waals surface area contributed by atoms with E-state index in [0.29, 0.717) is 0 Å². The molecule has 0 aliphatic rings. The van der Waals surface area contributed by atoms with Crippen LogP contribution in [0.5, 0.6) is 0 Å². The quantitative estimate of drug-likeness (QED) is 0.614. The van der Waals surface area contributed by atoms with Crippen LogP contribution in [-0.4, -0.2) is 63.4 Å². The van der Waals surface area contributed by atoms with E-state index in [1.807, 2.05) is 6.92 Å². The molecule has 4 heteroatoms. The molecule has 0 spiro atoms. The van der Waals surface area contributed by atoms with Crippen molar-refractivity contribution in [2.75, 3.05) is 41.8 Å². The minimum atomic E-state index is -0.277. The first-order valence-electron chi connectivity index (χ1n) is 4.41. The van der Waals surface area contributed by atoms with Gasteiger partial charge in [-0.25, -0.2) is 4.79 Å². The summed E-state index contributed by atoms with van der Waals surface area (Å²) in [4.78, 5) is 12.6. The van der Waals surface area contributed by atoms with E-state index in [1.54, 1.807) is 14.1 Å². The van der Waals surface area contributed by atoms with E-state index in [4.69, 9.17) is 4.74 Å². The van der Waals surface area contributed by atoms with Gasteiger partial charge in [-0.15, -0.1) is 0 Å². The number of quaternary nitrogens is 1. The summed E-state index contributed by atoms with van der Waals surface area (Å²) >= 11 is 0. The number of carbonyl (C=O) groups is 1. The Balaban J connectivity index is 3.88. The molecule has 1 atom stereocenters. The minimum absolute atomic E-state index is 0.0464. The monoisotopic (exact) mass is 189 g/mol. The Bertz CT molecular complexity index is 173. The number of ether oxygens (including phenoxy) is 1. The third-order valence-corrected chi connectivity index (χ3v) is 1.47. The highest BCUT2D eigenvalue weighted by Gasteiger charge is 2.18. The van der Waals surface area contributed by atoms with Crippen LogP contribution in [0.2, 0.25) is 0 Å². The van der Waals surface area contributed by atoms with Crippen molar-refractivity contribution >= 4 is 6.09 Å². The molecule has 0 radical (unpaired) electrons. The predicted molar refractivity (Wildman–Crippen MR) is 52.5 cm³/mol. The Morgan fingerprint density at radius 3 is 2.15 bits per heavy atom. The summed E-state index contributed by atoms with van der Waals surface area (Å²) in [5, 5.41) is 0. The Labute approximate surface area is 80.7 Å². The summed E-state index contributed by atoms with van der Waals surface area (Å²) in [6.45, 7) is 2.73. The van der Waals surface area contributed by atoms with Gasteiger partial charge in [-0.05, 0) is 6.92 Å². The number of likely N-dealkylation sites (N-methyl/N-ethyl adjacent to an activating group) is 1. The van der Waals surface area contributed by atoms with Gasteiger partial charge in [0.05, 0.1) is 21.1 Å². The summed E-state index contributed by atoms with van der Waals surface area (Å²) in [7, 11) is 9.57. The highest BCUT2D eigenvalue weighted by atomic mass is 16.6. The Kier molecular flexibility index (Phi) is 4.20. The molecule has 78 valence electrons. The number of hydrogen-bond acceptors (Lipinski definition) is 2. The van der Waals surface area contributed by atoms with Gasteiger partial charge in [0.25, 0.3) is 0 Å². The first-order chi connectivity index (χ1) is 5.72. The third-order valence-electron chi connectivity index (χ3n) is 1.47. The first kappa shape index (κ1) is 12.2. The minimum Gasteiger partial charge on any atom is -0.440 e. The molecule has 0 heterocycles. The Hall–Kier alpha value is -0.770. The Morgan fingerprint density at radius 1 is 1.38 bits per heavy atom. The zero-order chi connectivity index (χ0) is 10.6. The average molecular weight is 189 g/mol. The number of carbonyl (C=O) groups excluding carboxylic acids is 1. The van der Waals surface area contributed by atoms with Crippen LogP contribution in [0.4, 0.5) is 4.79 Å². The molecule has 0 rings (SSSR count). The lowest BCUT2D eigenvalue weighted by atomic mass is 10.3. The van der Waals surface area contributed by atoms with E-state index in [0.717, 1.165) is 11.0 Å². The molecule has 0 saturated carbocycles. The molecule has 0 aromatic carbocycles. The first-order valence-corrected chi connectivity index (χ1v) is 4.41. The van der Waals surface area contributed by atoms with Crippen LogP contribution in [-0.2, 0) is 4.74 Å². The van der Waals surface area contributed by atoms with Gasteiger partial charge in [0.2, 0.25) is 0 Å². The van der Waals surface area contributed by atoms with E-state index < -0.39 is 0 Å². The van der Waals surface area contributed by atoms with E-state index in [1.165, 1.54) is 4.90 Å². The smallest absolute Gasteiger partial charge is 0.409 e. The predicted octanol–water partition coefficient (Wildman–Crippen LogP) is 0.779. The molecule has 0 saturated heterocycles. The van der Waals surface area contributed by atoms with E-state index >= 15 is 0 Å². The van der Waals surface area contributed by atoms with Crippen LogP contribution < -0.4 is 0 Å². The lowest BCUT2D eigenvalue weighted by molar-refractivity contribution is -0.873. The highest BCUT2D eigenvalue weighted by Crippen LogP contribution is 2.00. The van der Waals surface area contributed by atoms with Crippen LogP contribution in [0.15, 0.2) is 0 Å². The van der Waals surface area contributed by atoms with Gasteiger partial charge in [-0.3, -0.25) is 0 Å². The normalized spacial score (nSPS) is 13.7. The zero-order valence-electron chi connectivity index (χ0n) is 9.50. The molecular weight excluding hydrogens is 168 g/mol. The highest BCUT2D eigenvalue weighted by molar-refractivity contribution is 5.66. The van der Waals surface area contributed by atoms with Crippen molar-refractivity contribution in [2.45, 2.75) is 13.0 Å². The van der Waals surface area contributed by atoms with Gasteiger partial charge in [-0.2, -0.15) is 0 Å². The van der Waals surface area contributed by atoms with Crippen LogP contribution in [0.25, 0.3) is 0 Å². The van der Waals surface area contributed by atoms with Crippen molar-refractivity contribution in [3.05, 3.63) is 0 Å². The molecule has 0 fully saturated rings. The molecule has 0 aromatic heterocycles. The number of nitrogens with zero attached hydrogens (tertiary/aromatic N) is 2. The van der Waals surface area contributed by atoms with Crippen molar-refractivity contribution in [3.8, 4) is 0 Å². The molecule has 1 unspecified atom stereocenters. The van der Waals surface area contributed by atoms with Crippen molar-refractivity contribution in [1.82, 2.24) is 4.90 Å². The van der Waals surface area contributed by atoms with Crippen LogP contribution >= 0.6 is 0 Å². The second-order valence-electron chi connectivity index (χ2n) is 4.56. The SMILES string of the molecule is CC(C[N+](C)(C)C)OC(=O)N(C)C. The maximum atomic E-state index is 11.1. The molecule has 0 bridgehead atoms. The topological polar surface area (TPSA) is 29.5 Å². The zero-order valence-corrected chi connectivity index (χ0v) is 9.50. The molecule has 4 nitrogen and oxygen atoms in total. The molecule has 0 aromatic rings. The van der Waals surface area contributed by atoms with Crippen LogP contribution in [0.1, 0.15) is 6.92 Å². The van der Waals surface area contributed by atoms with Crippen LogP contribution in [0.3, 0.4) is 0 Å². The maximum Gasteiger partial charge on any atom is 0.409 e. The standard InChI is InChI=1S/C9H21N2O2/c1-8(7-11(4,5)6)13-9(12)10(2)3/h8H,7H2,1-6H3/q+1. The van der Waals surface area contributed by atoms with Crippen molar-refractivity contribution in [3.63, 3.8) is 0 Å². The maximum absolute atomic E-state index is 11.1. The molecule has 1 amide bonds. The summed E-state index contributed by atoms with van der Waals surface area (Å²) in [6.07, 6.45) is -0.323. The molecule has 13 heavy (non-hydrogen) atoms. The van der Waals surface area contributed by atoms with Crippen molar-refractivity contribution < 1.29 is 14.0 Å². The van der Waals surface area contributed by atoms with Gasteiger partial charge < -0.3 is 14.1 Å². The molecule has 0 N–H and O–H groups in total. The second kappa shape index (κ2) is 4.46. The van der Waals surface area contributed by atoms with E-state index in [9.17, 15) is 4.79 Å². The van der Waals surface area contributed by atoms with Gasteiger partial charge >= 0.3 is 6.09 Å². The molecule has 0 aliphatic carbocycles. The number of amides is 1.